The standard InChI is InChI=1S/C10H23N3O2S.ClH/c1-10(2,3)9-8-13(7-6-11-9)16(14,15)12(4)5;/h9,11H,6-8H2,1-5H3;1H. The molecule has 2 N–H and O–H groups in total. The molecule has 1 heterocycles. The molecule has 7 heteroatoms. The molecule has 0 spiro atoms. The van der Waals surface area contributed by atoms with Crippen LogP contribution in [0.3, 0.4) is 0 Å². The number of hydrogen-bond acceptors (Lipinski definition) is 3. The number of piperazine rings is 1. The molecule has 0 amide bonds. The summed E-state index contributed by atoms with van der Waals surface area (Å²) in [6, 6.07) is 0.242. The molecule has 1 saturated heterocycles. The molecular weight excluding hydrogens is 262 g/mol. The van der Waals surface area contributed by atoms with Crippen LogP contribution in [0.1, 0.15) is 20.8 Å². The van der Waals surface area contributed by atoms with Crippen molar-refractivity contribution >= 4 is 10.2 Å². The number of halogens is 1. The first-order valence-corrected chi connectivity index (χ1v) is 7.10. The second kappa shape index (κ2) is 5.84. The van der Waals surface area contributed by atoms with Gasteiger partial charge in [0.05, 0.1) is 6.04 Å². The van der Waals surface area contributed by atoms with Crippen molar-refractivity contribution in [3.05, 3.63) is 0 Å². The lowest BCUT2D eigenvalue weighted by atomic mass is 9.86. The highest BCUT2D eigenvalue weighted by molar-refractivity contribution is 7.82. The monoisotopic (exact) mass is 285 g/mol. The van der Waals surface area contributed by atoms with Crippen LogP contribution in [0.5, 0.6) is 0 Å². The van der Waals surface area contributed by atoms with E-state index in [0.29, 0.717) is 17.4 Å². The summed E-state index contributed by atoms with van der Waals surface area (Å²) in [5, 5.41) is 3.40. The van der Waals surface area contributed by atoms with Crippen molar-refractivity contribution in [3.63, 3.8) is 0 Å². The molecule has 104 valence electrons. The van der Waals surface area contributed by atoms with E-state index in [1.54, 1.807) is 14.1 Å². The number of nitrogens with one attached hydrogen (secondary N) is 2. The minimum absolute atomic E-state index is 0. The first-order chi connectivity index (χ1) is 7.15. The molecule has 1 fully saturated rings. The summed E-state index contributed by atoms with van der Waals surface area (Å²) < 4.78 is 26.0. The predicted molar refractivity (Wildman–Crippen MR) is 64.5 cm³/mol. The van der Waals surface area contributed by atoms with Crippen LogP contribution < -0.4 is 22.0 Å². The average Bonchev–Trinajstić information content (AvgIpc) is 2.16. The summed E-state index contributed by atoms with van der Waals surface area (Å²) in [5.74, 6) is 0. The Morgan fingerprint density at radius 3 is 2.24 bits per heavy atom. The molecule has 17 heavy (non-hydrogen) atoms. The predicted octanol–water partition coefficient (Wildman–Crippen LogP) is -4.30. The summed E-state index contributed by atoms with van der Waals surface area (Å²) in [7, 11) is 0.00428. The SMILES string of the molecule is CN(C)S(=O)(=O)[NH+]1CCNC(C(C)(C)C)C1.[Cl-]. The van der Waals surface area contributed by atoms with Crippen molar-refractivity contribution in [2.45, 2.75) is 26.8 Å². The van der Waals surface area contributed by atoms with E-state index < -0.39 is 10.2 Å². The van der Waals surface area contributed by atoms with Crippen LogP contribution in [0.15, 0.2) is 0 Å². The number of quaternary nitrogens is 1. The molecule has 0 aromatic heterocycles. The quantitative estimate of drug-likeness (QED) is 0.540. The van der Waals surface area contributed by atoms with Crippen molar-refractivity contribution in [1.29, 1.82) is 0 Å². The molecule has 0 bridgehead atoms. The van der Waals surface area contributed by atoms with Crippen molar-refractivity contribution < 1.29 is 25.1 Å². The molecule has 1 rings (SSSR count). The summed E-state index contributed by atoms with van der Waals surface area (Å²) in [4.78, 5) is 0. The average molecular weight is 286 g/mol. The van der Waals surface area contributed by atoms with Gasteiger partial charge in [-0.1, -0.05) is 20.8 Å². The Balaban J connectivity index is 0.00000256. The van der Waals surface area contributed by atoms with Crippen LogP contribution in [0.25, 0.3) is 0 Å². The summed E-state index contributed by atoms with van der Waals surface area (Å²) in [5.41, 5.74) is 0.0908. The maximum Gasteiger partial charge on any atom is 0.370 e. The largest absolute Gasteiger partial charge is 1.00 e. The fourth-order valence-corrected chi connectivity index (χ4v) is 3.15. The Kier molecular flexibility index (Phi) is 5.88. The minimum Gasteiger partial charge on any atom is -1.00 e. The van der Waals surface area contributed by atoms with E-state index in [4.69, 9.17) is 0 Å². The molecule has 5 nitrogen and oxygen atoms in total. The fourth-order valence-electron chi connectivity index (χ4n) is 1.89. The van der Waals surface area contributed by atoms with E-state index in [9.17, 15) is 8.42 Å². The van der Waals surface area contributed by atoms with E-state index in [0.717, 1.165) is 6.54 Å². The zero-order valence-electron chi connectivity index (χ0n) is 11.2. The van der Waals surface area contributed by atoms with Gasteiger partial charge in [-0.25, -0.2) is 4.31 Å². The van der Waals surface area contributed by atoms with Gasteiger partial charge in [-0.2, -0.15) is 12.7 Å². The zero-order valence-corrected chi connectivity index (χ0v) is 12.8. The van der Waals surface area contributed by atoms with Crippen molar-refractivity contribution in [3.8, 4) is 0 Å². The smallest absolute Gasteiger partial charge is 0.370 e. The molecule has 0 saturated carbocycles. The molecule has 0 aromatic rings. The van der Waals surface area contributed by atoms with E-state index in [1.165, 1.54) is 4.31 Å². The fraction of sp³-hybridized carbons (Fsp3) is 1.00. The lowest BCUT2D eigenvalue weighted by molar-refractivity contribution is -0.777. The lowest BCUT2D eigenvalue weighted by Crippen LogP contribution is -3.18. The molecular formula is C10H24ClN3O2S. The van der Waals surface area contributed by atoms with E-state index >= 15 is 0 Å². The van der Waals surface area contributed by atoms with Crippen LogP contribution in [0.4, 0.5) is 0 Å². The van der Waals surface area contributed by atoms with Gasteiger partial charge in [0.15, 0.2) is 0 Å². The second-order valence-corrected chi connectivity index (χ2v) is 7.91. The van der Waals surface area contributed by atoms with Gasteiger partial charge in [0, 0.05) is 20.6 Å². The highest BCUT2D eigenvalue weighted by atomic mass is 35.5. The maximum absolute atomic E-state index is 12.0. The van der Waals surface area contributed by atoms with Crippen LogP contribution >= 0.6 is 0 Å². The Morgan fingerprint density at radius 2 is 1.82 bits per heavy atom. The molecule has 1 aliphatic rings. The highest BCUT2D eigenvalue weighted by Crippen LogP contribution is 2.18. The molecule has 0 aromatic carbocycles. The van der Waals surface area contributed by atoms with E-state index in [-0.39, 0.29) is 23.9 Å². The third-order valence-electron chi connectivity index (χ3n) is 3.12. The van der Waals surface area contributed by atoms with Crippen LogP contribution in [-0.2, 0) is 10.2 Å². The van der Waals surface area contributed by atoms with Gasteiger partial charge in [0.25, 0.3) is 0 Å². The Labute approximate surface area is 111 Å². The van der Waals surface area contributed by atoms with Gasteiger partial charge >= 0.3 is 10.2 Å². The van der Waals surface area contributed by atoms with Gasteiger partial charge in [-0.15, -0.1) is 0 Å². The molecule has 1 aliphatic heterocycles. The van der Waals surface area contributed by atoms with Gasteiger partial charge < -0.3 is 17.7 Å². The third kappa shape index (κ3) is 4.06. The Morgan fingerprint density at radius 1 is 1.29 bits per heavy atom. The zero-order chi connectivity index (χ0) is 12.6. The van der Waals surface area contributed by atoms with Crippen LogP contribution in [0, 0.1) is 5.41 Å². The molecule has 2 atom stereocenters. The maximum atomic E-state index is 12.0. The topological polar surface area (TPSA) is 53.9 Å². The van der Waals surface area contributed by atoms with Crippen molar-refractivity contribution in [2.75, 3.05) is 33.7 Å². The normalized spacial score (nSPS) is 26.7. The van der Waals surface area contributed by atoms with E-state index in [1.807, 2.05) is 0 Å². The third-order valence-corrected chi connectivity index (χ3v) is 5.18. The second-order valence-electron chi connectivity index (χ2n) is 5.65. The summed E-state index contributed by atoms with van der Waals surface area (Å²) in [6.45, 7) is 8.42. The van der Waals surface area contributed by atoms with Crippen molar-refractivity contribution in [2.24, 2.45) is 5.41 Å². The molecule has 0 aliphatic carbocycles. The van der Waals surface area contributed by atoms with Gasteiger partial charge in [0.1, 0.15) is 13.1 Å². The van der Waals surface area contributed by atoms with Gasteiger partial charge in [0.2, 0.25) is 0 Å². The van der Waals surface area contributed by atoms with Gasteiger partial charge in [-0.3, -0.25) is 0 Å². The number of rotatable bonds is 2. The van der Waals surface area contributed by atoms with E-state index in [2.05, 4.69) is 26.1 Å². The lowest BCUT2D eigenvalue weighted by Gasteiger charge is -2.37. The van der Waals surface area contributed by atoms with Gasteiger partial charge in [-0.05, 0) is 5.41 Å². The summed E-state index contributed by atoms with van der Waals surface area (Å²) in [6.07, 6.45) is 0. The molecule has 0 radical (unpaired) electrons. The first-order valence-electron chi connectivity index (χ1n) is 5.66. The first kappa shape index (κ1) is 17.1. The highest BCUT2D eigenvalue weighted by Gasteiger charge is 2.38. The summed E-state index contributed by atoms with van der Waals surface area (Å²) >= 11 is 0. The van der Waals surface area contributed by atoms with Crippen LogP contribution in [-0.4, -0.2) is 52.5 Å². The minimum atomic E-state index is -3.18. The Bertz CT molecular complexity index is 338. The van der Waals surface area contributed by atoms with Crippen LogP contribution in [0.2, 0.25) is 0 Å². The number of nitrogens with zero attached hydrogens (tertiary/aromatic N) is 1. The molecule has 2 unspecified atom stereocenters. The van der Waals surface area contributed by atoms with Crippen molar-refractivity contribution in [1.82, 2.24) is 9.62 Å². The Hall–Kier alpha value is 0.120. The number of hydrogen-bond donors (Lipinski definition) is 2.